The number of fused-ring (bicyclic) bond motifs is 1. The molecule has 1 aromatic carbocycles. The smallest absolute Gasteiger partial charge is 0.0483 e. The highest BCUT2D eigenvalue weighted by atomic mass is 14.9. The maximum atomic E-state index is 2.32. The third kappa shape index (κ3) is 4.74. The fraction of sp³-hybridized carbons (Fsp3) is 0.556. The van der Waals surface area contributed by atoms with Gasteiger partial charge < -0.3 is 4.57 Å². The fourth-order valence-electron chi connectivity index (χ4n) is 2.00. The van der Waals surface area contributed by atoms with E-state index < -0.39 is 0 Å². The van der Waals surface area contributed by atoms with E-state index in [2.05, 4.69) is 69.6 Å². The summed E-state index contributed by atoms with van der Waals surface area (Å²) in [5.74, 6) is 0.604. The maximum Gasteiger partial charge on any atom is 0.0483 e. The van der Waals surface area contributed by atoms with E-state index in [1.807, 2.05) is 13.8 Å². The number of nitrogens with zero attached hydrogens (tertiary/aromatic N) is 1. The predicted molar refractivity (Wildman–Crippen MR) is 89.0 cm³/mol. The van der Waals surface area contributed by atoms with Crippen molar-refractivity contribution in [2.75, 3.05) is 0 Å². The van der Waals surface area contributed by atoms with E-state index >= 15 is 0 Å². The molecule has 0 saturated carbocycles. The molecular weight excluding hydrogens is 230 g/mol. The molecule has 1 aromatic heterocycles. The van der Waals surface area contributed by atoms with Gasteiger partial charge in [-0.2, -0.15) is 0 Å². The molecule has 0 amide bonds. The van der Waals surface area contributed by atoms with Gasteiger partial charge in [-0.05, 0) is 24.5 Å². The minimum absolute atomic E-state index is 0.604. The van der Waals surface area contributed by atoms with Crippen LogP contribution in [0.3, 0.4) is 0 Å². The molecule has 0 atom stereocenters. The van der Waals surface area contributed by atoms with Crippen molar-refractivity contribution in [3.8, 4) is 0 Å². The van der Waals surface area contributed by atoms with Gasteiger partial charge in [0.05, 0.1) is 0 Å². The monoisotopic (exact) mass is 261 g/mol. The summed E-state index contributed by atoms with van der Waals surface area (Å²) in [6.45, 7) is 16.0. The van der Waals surface area contributed by atoms with Crippen molar-refractivity contribution in [3.63, 3.8) is 0 Å². The van der Waals surface area contributed by atoms with Gasteiger partial charge in [0.2, 0.25) is 0 Å². The van der Waals surface area contributed by atoms with Crippen LogP contribution in [0.2, 0.25) is 0 Å². The lowest BCUT2D eigenvalue weighted by molar-refractivity contribution is 0.780. The first-order valence-corrected chi connectivity index (χ1v) is 7.73. The average Bonchev–Trinajstić information content (AvgIpc) is 2.81. The van der Waals surface area contributed by atoms with Crippen molar-refractivity contribution in [1.82, 2.24) is 4.57 Å². The van der Waals surface area contributed by atoms with E-state index in [-0.39, 0.29) is 0 Å². The van der Waals surface area contributed by atoms with Crippen LogP contribution < -0.4 is 0 Å². The molecule has 1 heteroatoms. The number of hydrogen-bond acceptors (Lipinski definition) is 0. The Bertz CT molecular complexity index is 452. The number of aromatic nitrogens is 1. The Morgan fingerprint density at radius 3 is 2.00 bits per heavy atom. The van der Waals surface area contributed by atoms with Crippen molar-refractivity contribution in [2.24, 2.45) is 0 Å². The minimum Gasteiger partial charge on any atom is -0.347 e. The van der Waals surface area contributed by atoms with Crippen LogP contribution in [0.25, 0.3) is 10.9 Å². The van der Waals surface area contributed by atoms with Crippen molar-refractivity contribution in [1.29, 1.82) is 0 Å². The lowest BCUT2D eigenvalue weighted by Gasteiger charge is -2.00. The molecule has 0 spiro atoms. The summed E-state index contributed by atoms with van der Waals surface area (Å²) >= 11 is 0. The summed E-state index contributed by atoms with van der Waals surface area (Å²) in [5.41, 5.74) is 2.82. The summed E-state index contributed by atoms with van der Waals surface area (Å²) in [7, 11) is 0. The Morgan fingerprint density at radius 2 is 1.53 bits per heavy atom. The molecule has 0 saturated heterocycles. The lowest BCUT2D eigenvalue weighted by Crippen LogP contribution is -1.90. The van der Waals surface area contributed by atoms with Crippen molar-refractivity contribution < 1.29 is 0 Å². The molecule has 2 aromatic rings. The molecule has 0 N–H and O–H groups in total. The normalized spacial score (nSPS) is 9.68. The van der Waals surface area contributed by atoms with Gasteiger partial charge in [0.25, 0.3) is 0 Å². The highest BCUT2D eigenvalue weighted by Crippen LogP contribution is 2.27. The second-order valence-corrected chi connectivity index (χ2v) is 4.75. The number of para-hydroxylation sites is 1. The van der Waals surface area contributed by atoms with Crippen LogP contribution in [0.4, 0.5) is 0 Å². The van der Waals surface area contributed by atoms with E-state index in [1.165, 1.54) is 22.9 Å². The molecular formula is C18H31N. The molecule has 2 rings (SSSR count). The third-order valence-electron chi connectivity index (χ3n) is 2.78. The predicted octanol–water partition coefficient (Wildman–Crippen LogP) is 6.23. The first-order chi connectivity index (χ1) is 9.15. The molecule has 0 aliphatic rings. The van der Waals surface area contributed by atoms with Gasteiger partial charge in [-0.25, -0.2) is 0 Å². The van der Waals surface area contributed by atoms with Crippen LogP contribution in [-0.2, 0) is 6.54 Å². The van der Waals surface area contributed by atoms with Gasteiger partial charge in [-0.3, -0.25) is 0 Å². The second-order valence-electron chi connectivity index (χ2n) is 4.75. The average molecular weight is 261 g/mol. The molecule has 0 bridgehead atoms. The molecule has 1 nitrogen and oxygen atoms in total. The van der Waals surface area contributed by atoms with Gasteiger partial charge in [0, 0.05) is 23.6 Å². The van der Waals surface area contributed by atoms with Crippen LogP contribution >= 0.6 is 0 Å². The zero-order chi connectivity index (χ0) is 14.8. The number of benzene rings is 1. The number of rotatable bonds is 2. The van der Waals surface area contributed by atoms with Crippen LogP contribution in [0.5, 0.6) is 0 Å². The van der Waals surface area contributed by atoms with E-state index in [0.717, 1.165) is 6.54 Å². The zero-order valence-electron chi connectivity index (χ0n) is 13.8. The first kappa shape index (κ1) is 17.8. The molecule has 0 unspecified atom stereocenters. The Labute approximate surface area is 119 Å². The van der Waals surface area contributed by atoms with E-state index in [1.54, 1.807) is 0 Å². The summed E-state index contributed by atoms with van der Waals surface area (Å²) in [5, 5.41) is 1.41. The SMILES string of the molecule is CC.CCC.CCn1cc(C(C)C)c2ccccc21. The molecule has 0 aliphatic carbocycles. The van der Waals surface area contributed by atoms with Crippen LogP contribution in [-0.4, -0.2) is 4.57 Å². The third-order valence-corrected chi connectivity index (χ3v) is 2.78. The van der Waals surface area contributed by atoms with Crippen LogP contribution in [0, 0.1) is 0 Å². The quantitative estimate of drug-likeness (QED) is 0.604. The minimum atomic E-state index is 0.604. The summed E-state index contributed by atoms with van der Waals surface area (Å²) in [6, 6.07) is 8.65. The Morgan fingerprint density at radius 1 is 1.00 bits per heavy atom. The van der Waals surface area contributed by atoms with E-state index in [0.29, 0.717) is 5.92 Å². The summed E-state index contributed by atoms with van der Waals surface area (Å²) < 4.78 is 2.32. The Kier molecular flexibility index (Phi) is 9.03. The highest BCUT2D eigenvalue weighted by molar-refractivity contribution is 5.84. The largest absolute Gasteiger partial charge is 0.347 e. The maximum absolute atomic E-state index is 2.32. The van der Waals surface area contributed by atoms with Crippen LogP contribution in [0.15, 0.2) is 30.5 Å². The Balaban J connectivity index is 0.000000573. The number of aryl methyl sites for hydroxylation is 1. The zero-order valence-corrected chi connectivity index (χ0v) is 13.8. The van der Waals surface area contributed by atoms with Crippen molar-refractivity contribution >= 4 is 10.9 Å². The van der Waals surface area contributed by atoms with Crippen molar-refractivity contribution in [3.05, 3.63) is 36.0 Å². The van der Waals surface area contributed by atoms with Crippen molar-refractivity contribution in [2.45, 2.75) is 67.3 Å². The lowest BCUT2D eigenvalue weighted by atomic mass is 10.0. The van der Waals surface area contributed by atoms with E-state index in [9.17, 15) is 0 Å². The molecule has 108 valence electrons. The van der Waals surface area contributed by atoms with E-state index in [4.69, 9.17) is 0 Å². The van der Waals surface area contributed by atoms with Gasteiger partial charge in [0.1, 0.15) is 0 Å². The summed E-state index contributed by atoms with van der Waals surface area (Å²) in [6.07, 6.45) is 3.54. The molecule has 0 aliphatic heterocycles. The van der Waals surface area contributed by atoms with Gasteiger partial charge in [-0.15, -0.1) is 0 Å². The topological polar surface area (TPSA) is 4.93 Å². The van der Waals surface area contributed by atoms with Gasteiger partial charge in [0.15, 0.2) is 0 Å². The van der Waals surface area contributed by atoms with Crippen LogP contribution in [0.1, 0.15) is 66.4 Å². The molecule has 1 heterocycles. The first-order valence-electron chi connectivity index (χ1n) is 7.73. The fourth-order valence-corrected chi connectivity index (χ4v) is 2.00. The molecule has 19 heavy (non-hydrogen) atoms. The second kappa shape index (κ2) is 9.66. The highest BCUT2D eigenvalue weighted by Gasteiger charge is 2.09. The molecule has 0 fully saturated rings. The molecule has 0 radical (unpaired) electrons. The Hall–Kier alpha value is -1.24. The standard InChI is InChI=1S/C13H17N.C3H8.C2H6/c1-4-14-9-12(10(2)3)11-7-5-6-8-13(11)14;1-3-2;1-2/h5-10H,4H2,1-3H3;3H2,1-2H3;1-2H3. The van der Waals surface area contributed by atoms with Gasteiger partial charge in [-0.1, -0.05) is 66.2 Å². The number of hydrogen-bond donors (Lipinski definition) is 0. The summed E-state index contributed by atoms with van der Waals surface area (Å²) in [4.78, 5) is 0. The van der Waals surface area contributed by atoms with Gasteiger partial charge >= 0.3 is 0 Å².